The first kappa shape index (κ1) is 10.5. The monoisotopic (exact) mass is 255 g/mol. The van der Waals surface area contributed by atoms with Gasteiger partial charge in [-0.05, 0) is 30.5 Å². The predicted octanol–water partition coefficient (Wildman–Crippen LogP) is 1.79. The zero-order valence-corrected chi connectivity index (χ0v) is 10.3. The first-order valence-electron chi connectivity index (χ1n) is 6.39. The second kappa shape index (κ2) is 3.81. The van der Waals surface area contributed by atoms with Gasteiger partial charge in [0.05, 0.1) is 12.4 Å². The van der Waals surface area contributed by atoms with Gasteiger partial charge < -0.3 is 9.77 Å². The fourth-order valence-corrected chi connectivity index (χ4v) is 2.95. The Morgan fingerprint density at radius 2 is 2.26 bits per heavy atom. The summed E-state index contributed by atoms with van der Waals surface area (Å²) >= 11 is 0. The second-order valence-electron chi connectivity index (χ2n) is 4.89. The van der Waals surface area contributed by atoms with E-state index < -0.39 is 0 Å². The Kier molecular flexibility index (Phi) is 2.11. The van der Waals surface area contributed by atoms with Gasteiger partial charge >= 0.3 is 0 Å². The van der Waals surface area contributed by atoms with Gasteiger partial charge in [0.25, 0.3) is 0 Å². The molecular weight excluding hydrogens is 242 g/mol. The molecule has 1 unspecified atom stereocenters. The average molecular weight is 255 g/mol. The van der Waals surface area contributed by atoms with Crippen molar-refractivity contribution in [1.29, 1.82) is 0 Å². The fourth-order valence-electron chi connectivity index (χ4n) is 2.95. The maximum atomic E-state index is 9.61. The van der Waals surface area contributed by atoms with E-state index in [-0.39, 0.29) is 6.04 Å². The topological polar surface area (TPSA) is 68.8 Å². The molecule has 1 aliphatic heterocycles. The molecule has 1 aliphatic rings. The lowest BCUT2D eigenvalue weighted by atomic mass is 9.95. The highest BCUT2D eigenvalue weighted by Crippen LogP contribution is 2.33. The molecular formula is C13H13N5O. The van der Waals surface area contributed by atoms with Crippen molar-refractivity contribution in [2.24, 2.45) is 0 Å². The SMILES string of the molecule is On1nnc2c(C3CCCc4cncn43)cccc21. The molecule has 3 aromatic rings. The lowest BCUT2D eigenvalue weighted by Crippen LogP contribution is -2.18. The molecule has 19 heavy (non-hydrogen) atoms. The number of hydrogen-bond donors (Lipinski definition) is 1. The first-order chi connectivity index (χ1) is 9.34. The van der Waals surface area contributed by atoms with E-state index in [4.69, 9.17) is 0 Å². The minimum Gasteiger partial charge on any atom is -0.410 e. The Hall–Kier alpha value is -2.37. The van der Waals surface area contributed by atoms with Crippen LogP contribution in [0.25, 0.3) is 11.0 Å². The standard InChI is InChI=1S/C13H13N5O/c19-18-12-6-2-4-10(13(12)15-16-18)11-5-1-3-9-7-14-8-17(9)11/h2,4,6-8,11,19H,1,3,5H2. The highest BCUT2D eigenvalue weighted by atomic mass is 16.5. The third kappa shape index (κ3) is 1.46. The van der Waals surface area contributed by atoms with E-state index in [1.807, 2.05) is 24.7 Å². The van der Waals surface area contributed by atoms with Crippen molar-refractivity contribution in [1.82, 2.24) is 24.7 Å². The molecule has 0 amide bonds. The quantitative estimate of drug-likeness (QED) is 0.673. The van der Waals surface area contributed by atoms with Crippen LogP contribution in [0.2, 0.25) is 0 Å². The van der Waals surface area contributed by atoms with Gasteiger partial charge in [0.15, 0.2) is 0 Å². The Balaban J connectivity index is 1.93. The minimum atomic E-state index is 0.228. The fraction of sp³-hybridized carbons (Fsp3) is 0.308. The Morgan fingerprint density at radius 1 is 1.32 bits per heavy atom. The van der Waals surface area contributed by atoms with Crippen LogP contribution >= 0.6 is 0 Å². The largest absolute Gasteiger partial charge is 0.410 e. The number of rotatable bonds is 1. The molecule has 4 rings (SSSR count). The van der Waals surface area contributed by atoms with Crippen molar-refractivity contribution in [2.45, 2.75) is 25.3 Å². The first-order valence-corrected chi connectivity index (χ1v) is 6.39. The summed E-state index contributed by atoms with van der Waals surface area (Å²) in [7, 11) is 0. The zero-order valence-electron chi connectivity index (χ0n) is 10.3. The number of imidazole rings is 1. The van der Waals surface area contributed by atoms with Crippen LogP contribution in [0.4, 0.5) is 0 Å². The lowest BCUT2D eigenvalue weighted by Gasteiger charge is -2.25. The molecule has 0 aliphatic carbocycles. The number of aromatic nitrogens is 5. The van der Waals surface area contributed by atoms with Gasteiger partial charge in [-0.1, -0.05) is 17.0 Å². The van der Waals surface area contributed by atoms with Crippen LogP contribution in [-0.2, 0) is 6.42 Å². The van der Waals surface area contributed by atoms with Crippen molar-refractivity contribution in [3.05, 3.63) is 42.0 Å². The van der Waals surface area contributed by atoms with Gasteiger partial charge in [-0.3, -0.25) is 0 Å². The van der Waals surface area contributed by atoms with Crippen LogP contribution in [0.15, 0.2) is 30.7 Å². The Labute approximate surface area is 109 Å². The molecule has 6 nitrogen and oxygen atoms in total. The molecule has 0 saturated heterocycles. The van der Waals surface area contributed by atoms with E-state index in [1.165, 1.54) is 5.69 Å². The number of fused-ring (bicyclic) bond motifs is 2. The minimum absolute atomic E-state index is 0.228. The van der Waals surface area contributed by atoms with Crippen molar-refractivity contribution in [2.75, 3.05) is 0 Å². The molecule has 3 heterocycles. The molecule has 0 spiro atoms. The van der Waals surface area contributed by atoms with E-state index in [2.05, 4.69) is 25.9 Å². The van der Waals surface area contributed by atoms with E-state index in [9.17, 15) is 5.21 Å². The summed E-state index contributed by atoms with van der Waals surface area (Å²) in [4.78, 5) is 5.07. The van der Waals surface area contributed by atoms with E-state index in [1.54, 1.807) is 0 Å². The summed E-state index contributed by atoms with van der Waals surface area (Å²) < 4.78 is 2.20. The van der Waals surface area contributed by atoms with Crippen LogP contribution in [0.5, 0.6) is 0 Å². The molecule has 0 saturated carbocycles. The highest BCUT2D eigenvalue weighted by molar-refractivity contribution is 5.78. The van der Waals surface area contributed by atoms with Gasteiger partial charge in [-0.2, -0.15) is 0 Å². The lowest BCUT2D eigenvalue weighted by molar-refractivity contribution is 0.155. The van der Waals surface area contributed by atoms with Gasteiger partial charge in [-0.25, -0.2) is 4.98 Å². The molecule has 0 fully saturated rings. The molecule has 2 aromatic heterocycles. The smallest absolute Gasteiger partial charge is 0.131 e. The Morgan fingerprint density at radius 3 is 3.21 bits per heavy atom. The molecule has 0 bridgehead atoms. The molecule has 1 N–H and O–H groups in total. The molecule has 96 valence electrons. The molecule has 1 atom stereocenters. The number of nitrogens with zero attached hydrogens (tertiary/aromatic N) is 5. The van der Waals surface area contributed by atoms with Crippen LogP contribution in [0, 0.1) is 0 Å². The van der Waals surface area contributed by atoms with Crippen LogP contribution in [0.1, 0.15) is 30.1 Å². The maximum absolute atomic E-state index is 9.61. The number of hydrogen-bond acceptors (Lipinski definition) is 4. The van der Waals surface area contributed by atoms with E-state index >= 15 is 0 Å². The van der Waals surface area contributed by atoms with Gasteiger partial charge in [-0.15, -0.1) is 5.10 Å². The van der Waals surface area contributed by atoms with Crippen molar-refractivity contribution < 1.29 is 5.21 Å². The summed E-state index contributed by atoms with van der Waals surface area (Å²) in [5.74, 6) is 0. The third-order valence-corrected chi connectivity index (χ3v) is 3.84. The zero-order chi connectivity index (χ0) is 12.8. The normalized spacial score (nSPS) is 18.6. The Bertz CT molecular complexity index is 744. The van der Waals surface area contributed by atoms with Crippen LogP contribution in [-0.4, -0.2) is 29.9 Å². The second-order valence-corrected chi connectivity index (χ2v) is 4.89. The van der Waals surface area contributed by atoms with Crippen LogP contribution < -0.4 is 0 Å². The van der Waals surface area contributed by atoms with E-state index in [0.717, 1.165) is 35.2 Å². The van der Waals surface area contributed by atoms with Crippen LogP contribution in [0.3, 0.4) is 0 Å². The highest BCUT2D eigenvalue weighted by Gasteiger charge is 2.24. The summed E-state index contributed by atoms with van der Waals surface area (Å²) in [5.41, 5.74) is 3.75. The molecule has 6 heteroatoms. The van der Waals surface area contributed by atoms with Gasteiger partial charge in [0.2, 0.25) is 0 Å². The predicted molar refractivity (Wildman–Crippen MR) is 68.0 cm³/mol. The van der Waals surface area contributed by atoms with Crippen molar-refractivity contribution >= 4 is 11.0 Å². The molecule has 1 aromatic carbocycles. The maximum Gasteiger partial charge on any atom is 0.131 e. The number of aryl methyl sites for hydroxylation is 1. The summed E-state index contributed by atoms with van der Waals surface area (Å²) in [6, 6.07) is 6.03. The van der Waals surface area contributed by atoms with Gasteiger partial charge in [0.1, 0.15) is 11.0 Å². The third-order valence-electron chi connectivity index (χ3n) is 3.84. The van der Waals surface area contributed by atoms with Crippen molar-refractivity contribution in [3.8, 4) is 0 Å². The summed E-state index contributed by atoms with van der Waals surface area (Å²) in [6.07, 6.45) is 7.07. The molecule has 0 radical (unpaired) electrons. The van der Waals surface area contributed by atoms with Gasteiger partial charge in [0, 0.05) is 17.5 Å². The number of benzene rings is 1. The average Bonchev–Trinajstić information content (AvgIpc) is 3.05. The van der Waals surface area contributed by atoms with E-state index in [0.29, 0.717) is 5.52 Å². The summed E-state index contributed by atoms with van der Waals surface area (Å²) in [5, 5.41) is 17.4. The van der Waals surface area contributed by atoms with Crippen molar-refractivity contribution in [3.63, 3.8) is 0 Å². The summed E-state index contributed by atoms with van der Waals surface area (Å²) in [6.45, 7) is 0.